The summed E-state index contributed by atoms with van der Waals surface area (Å²) in [7, 11) is -3.86. The maximum absolute atomic E-state index is 13.9. The monoisotopic (exact) mass is 552 g/mol. The van der Waals surface area contributed by atoms with E-state index in [-0.39, 0.29) is 23.2 Å². The Morgan fingerprint density at radius 2 is 2.00 bits per heavy atom. The van der Waals surface area contributed by atoms with Crippen molar-refractivity contribution in [1.82, 2.24) is 14.3 Å². The third kappa shape index (κ3) is 4.58. The molecule has 4 heterocycles. The Labute approximate surface area is 214 Å². The van der Waals surface area contributed by atoms with E-state index in [9.17, 15) is 13.2 Å². The van der Waals surface area contributed by atoms with E-state index in [0.717, 1.165) is 16.0 Å². The molecule has 0 bridgehead atoms. The van der Waals surface area contributed by atoms with Gasteiger partial charge in [-0.1, -0.05) is 40.6 Å². The molecule has 0 aliphatic carbocycles. The van der Waals surface area contributed by atoms with Gasteiger partial charge in [-0.25, -0.2) is 13.4 Å². The Balaban J connectivity index is 1.52. The number of pyridine rings is 1. The van der Waals surface area contributed by atoms with Crippen LogP contribution in [0.3, 0.4) is 0 Å². The summed E-state index contributed by atoms with van der Waals surface area (Å²) in [6, 6.07) is 13.0. The summed E-state index contributed by atoms with van der Waals surface area (Å²) in [6.45, 7) is 0.434. The largest absolute Gasteiger partial charge is 0.281 e. The Hall–Kier alpha value is -2.08. The molecule has 12 heteroatoms. The molecule has 0 saturated carbocycles. The molecule has 1 fully saturated rings. The van der Waals surface area contributed by atoms with Gasteiger partial charge in [0.25, 0.3) is 10.0 Å². The van der Waals surface area contributed by atoms with E-state index in [1.807, 2.05) is 12.1 Å². The van der Waals surface area contributed by atoms with Gasteiger partial charge in [0, 0.05) is 17.8 Å². The molecular weight excluding hydrogens is 535 g/mol. The second kappa shape index (κ2) is 9.52. The summed E-state index contributed by atoms with van der Waals surface area (Å²) in [5, 5.41) is 1.05. The molecule has 1 amide bonds. The molecular formula is C22H18Cl2N4O3S3. The van der Waals surface area contributed by atoms with Gasteiger partial charge in [-0.2, -0.15) is 4.31 Å². The van der Waals surface area contributed by atoms with Gasteiger partial charge in [0.1, 0.15) is 10.3 Å². The van der Waals surface area contributed by atoms with Crippen LogP contribution in [0.4, 0.5) is 5.13 Å². The minimum absolute atomic E-state index is 0.128. The highest BCUT2D eigenvalue weighted by atomic mass is 35.5. The van der Waals surface area contributed by atoms with Crippen LogP contribution >= 0.6 is 45.9 Å². The highest BCUT2D eigenvalue weighted by Crippen LogP contribution is 2.36. The van der Waals surface area contributed by atoms with Crippen LogP contribution in [0, 0.1) is 0 Å². The Bertz CT molecular complexity index is 1460. The number of carbonyl (C=O) groups is 1. The average Bonchev–Trinajstić information content (AvgIpc) is 3.57. The topological polar surface area (TPSA) is 83.5 Å². The molecule has 176 valence electrons. The van der Waals surface area contributed by atoms with Crippen molar-refractivity contribution >= 4 is 77.2 Å². The molecule has 4 aromatic rings. The van der Waals surface area contributed by atoms with Crippen molar-refractivity contribution in [2.75, 3.05) is 11.4 Å². The van der Waals surface area contributed by atoms with E-state index in [1.54, 1.807) is 36.5 Å². The van der Waals surface area contributed by atoms with Gasteiger partial charge in [0.15, 0.2) is 5.13 Å². The van der Waals surface area contributed by atoms with Crippen LogP contribution in [0.2, 0.25) is 9.36 Å². The Morgan fingerprint density at radius 1 is 1.15 bits per heavy atom. The van der Waals surface area contributed by atoms with E-state index in [2.05, 4.69) is 9.97 Å². The normalized spacial score (nSPS) is 16.8. The number of hydrogen-bond acceptors (Lipinski definition) is 7. The zero-order valence-electron chi connectivity index (χ0n) is 17.6. The molecule has 34 heavy (non-hydrogen) atoms. The molecule has 1 saturated heterocycles. The van der Waals surface area contributed by atoms with Crippen LogP contribution in [0.5, 0.6) is 0 Å². The highest BCUT2D eigenvalue weighted by molar-refractivity contribution is 7.91. The Morgan fingerprint density at radius 3 is 2.74 bits per heavy atom. The standard InChI is InChI=1S/C22H18Cl2N4O3S3/c23-14-6-7-16-18(12-14)32-22(26-16)27(13-15-4-1-2-10-25-15)21(29)17-5-3-11-28(17)34(30,31)20-9-8-19(24)33-20/h1-2,4,6-10,12,17H,3,5,11,13H2. The second-order valence-electron chi connectivity index (χ2n) is 7.69. The number of rotatable bonds is 6. The average molecular weight is 554 g/mol. The van der Waals surface area contributed by atoms with Crippen LogP contribution in [0.1, 0.15) is 18.5 Å². The minimum atomic E-state index is -3.86. The van der Waals surface area contributed by atoms with Crippen molar-refractivity contribution in [3.8, 4) is 0 Å². The first-order valence-electron chi connectivity index (χ1n) is 10.4. The lowest BCUT2D eigenvalue weighted by Crippen LogP contribution is -2.47. The quantitative estimate of drug-likeness (QED) is 0.317. The molecule has 5 rings (SSSR count). The number of aromatic nitrogens is 2. The lowest BCUT2D eigenvalue weighted by Gasteiger charge is -2.28. The molecule has 3 aromatic heterocycles. The number of anilines is 1. The molecule has 7 nitrogen and oxygen atoms in total. The van der Waals surface area contributed by atoms with Gasteiger partial charge < -0.3 is 0 Å². The molecule has 1 aromatic carbocycles. The van der Waals surface area contributed by atoms with E-state index < -0.39 is 16.1 Å². The molecule has 1 aliphatic heterocycles. The Kier molecular flexibility index (Phi) is 6.62. The van der Waals surface area contributed by atoms with Gasteiger partial charge in [-0.05, 0) is 55.3 Å². The fourth-order valence-corrected chi connectivity index (χ4v) is 8.41. The number of thiazole rings is 1. The SMILES string of the molecule is O=C(C1CCCN1S(=O)(=O)c1ccc(Cl)s1)N(Cc1ccccn1)c1nc2ccc(Cl)cc2s1. The smallest absolute Gasteiger partial charge is 0.253 e. The van der Waals surface area contributed by atoms with E-state index in [0.29, 0.717) is 38.5 Å². The van der Waals surface area contributed by atoms with Crippen molar-refractivity contribution in [1.29, 1.82) is 0 Å². The third-order valence-corrected chi connectivity index (χ3v) is 10.4. The number of amides is 1. The lowest BCUT2D eigenvalue weighted by molar-refractivity contribution is -0.121. The van der Waals surface area contributed by atoms with E-state index in [4.69, 9.17) is 23.2 Å². The number of sulfonamides is 1. The minimum Gasteiger partial charge on any atom is -0.281 e. The van der Waals surface area contributed by atoms with Crippen LogP contribution < -0.4 is 4.90 Å². The molecule has 1 unspecified atom stereocenters. The summed E-state index contributed by atoms with van der Waals surface area (Å²) in [4.78, 5) is 24.4. The van der Waals surface area contributed by atoms with Crippen LogP contribution in [0.15, 0.2) is 58.9 Å². The van der Waals surface area contributed by atoms with Gasteiger partial charge >= 0.3 is 0 Å². The zero-order valence-corrected chi connectivity index (χ0v) is 21.6. The summed E-state index contributed by atoms with van der Waals surface area (Å²) in [5.41, 5.74) is 1.39. The van der Waals surface area contributed by atoms with Crippen molar-refractivity contribution in [3.05, 3.63) is 69.8 Å². The number of halogens is 2. The first-order valence-corrected chi connectivity index (χ1v) is 14.2. The molecule has 0 N–H and O–H groups in total. The van der Waals surface area contributed by atoms with Crippen molar-refractivity contribution in [2.24, 2.45) is 0 Å². The number of fused-ring (bicyclic) bond motifs is 1. The van der Waals surface area contributed by atoms with Gasteiger partial charge in [0.05, 0.1) is 26.8 Å². The molecule has 0 radical (unpaired) electrons. The van der Waals surface area contributed by atoms with Crippen LogP contribution in [0.25, 0.3) is 10.2 Å². The summed E-state index contributed by atoms with van der Waals surface area (Å²) in [5.74, 6) is -0.334. The number of hydrogen-bond donors (Lipinski definition) is 0. The van der Waals surface area contributed by atoms with Crippen LogP contribution in [-0.4, -0.2) is 41.2 Å². The second-order valence-corrected chi connectivity index (χ2v) is 13.0. The van der Waals surface area contributed by atoms with Crippen molar-refractivity contribution < 1.29 is 13.2 Å². The summed E-state index contributed by atoms with van der Waals surface area (Å²) >= 11 is 14.4. The summed E-state index contributed by atoms with van der Waals surface area (Å²) in [6.07, 6.45) is 2.66. The number of thiophene rings is 1. The molecule has 0 spiro atoms. The number of carbonyl (C=O) groups excluding carboxylic acids is 1. The number of benzene rings is 1. The molecule has 1 aliphatic rings. The van der Waals surface area contributed by atoms with Gasteiger partial charge in [-0.15, -0.1) is 11.3 Å². The maximum atomic E-state index is 13.9. The number of nitrogens with zero attached hydrogens (tertiary/aromatic N) is 4. The van der Waals surface area contributed by atoms with Gasteiger partial charge in [0.2, 0.25) is 5.91 Å². The zero-order chi connectivity index (χ0) is 23.9. The predicted molar refractivity (Wildman–Crippen MR) is 136 cm³/mol. The maximum Gasteiger partial charge on any atom is 0.253 e. The highest BCUT2D eigenvalue weighted by Gasteiger charge is 2.42. The lowest BCUT2D eigenvalue weighted by atomic mass is 10.2. The molecule has 1 atom stereocenters. The predicted octanol–water partition coefficient (Wildman–Crippen LogP) is 5.45. The third-order valence-electron chi connectivity index (χ3n) is 5.48. The van der Waals surface area contributed by atoms with Gasteiger partial charge in [-0.3, -0.25) is 14.7 Å². The van der Waals surface area contributed by atoms with Crippen molar-refractivity contribution in [3.63, 3.8) is 0 Å². The van der Waals surface area contributed by atoms with E-state index >= 15 is 0 Å². The fraction of sp³-hybridized carbons (Fsp3) is 0.227. The van der Waals surface area contributed by atoms with Crippen molar-refractivity contribution in [2.45, 2.75) is 29.6 Å². The first kappa shape index (κ1) is 23.7. The van der Waals surface area contributed by atoms with Crippen LogP contribution in [-0.2, 0) is 21.4 Å². The first-order chi connectivity index (χ1) is 16.3. The summed E-state index contributed by atoms with van der Waals surface area (Å²) < 4.78 is 29.3. The fourth-order valence-electron chi connectivity index (χ4n) is 3.90. The van der Waals surface area contributed by atoms with E-state index in [1.165, 1.54) is 26.6 Å².